The third-order valence-corrected chi connectivity index (χ3v) is 2.69. The lowest BCUT2D eigenvalue weighted by molar-refractivity contribution is 0.0991. The standard InChI is InChI=1S/C10H11BrFNO/c1-6-3-4-7(12)10(11)9(6)8(14)5-13-2/h3-4,13H,5H2,1-2H3. The molecule has 0 fully saturated rings. The summed E-state index contributed by atoms with van der Waals surface area (Å²) in [5, 5.41) is 2.75. The largest absolute Gasteiger partial charge is 0.313 e. The number of nitrogens with one attached hydrogen (secondary N) is 1. The average molecular weight is 260 g/mol. The smallest absolute Gasteiger partial charge is 0.178 e. The molecule has 1 aromatic rings. The summed E-state index contributed by atoms with van der Waals surface area (Å²) in [5.74, 6) is -0.522. The molecule has 0 aliphatic heterocycles. The normalized spacial score (nSPS) is 10.3. The molecule has 0 heterocycles. The predicted octanol–water partition coefficient (Wildman–Crippen LogP) is 2.30. The SMILES string of the molecule is CNCC(=O)c1c(C)ccc(F)c1Br. The minimum Gasteiger partial charge on any atom is -0.313 e. The average Bonchev–Trinajstić information content (AvgIpc) is 2.13. The van der Waals surface area contributed by atoms with Crippen LogP contribution in [0.5, 0.6) is 0 Å². The second-order valence-electron chi connectivity index (χ2n) is 3.01. The van der Waals surface area contributed by atoms with E-state index in [0.717, 1.165) is 5.56 Å². The first-order valence-corrected chi connectivity index (χ1v) is 4.99. The highest BCUT2D eigenvalue weighted by Gasteiger charge is 2.15. The number of ketones is 1. The lowest BCUT2D eigenvalue weighted by Gasteiger charge is -2.07. The Balaban J connectivity index is 3.18. The van der Waals surface area contributed by atoms with E-state index in [1.165, 1.54) is 6.07 Å². The van der Waals surface area contributed by atoms with E-state index in [2.05, 4.69) is 21.2 Å². The maximum Gasteiger partial charge on any atom is 0.178 e. The van der Waals surface area contributed by atoms with Crippen LogP contribution in [-0.2, 0) is 0 Å². The van der Waals surface area contributed by atoms with Crippen molar-refractivity contribution in [1.82, 2.24) is 5.32 Å². The lowest BCUT2D eigenvalue weighted by atomic mass is 10.0. The molecule has 1 N–H and O–H groups in total. The molecule has 0 radical (unpaired) electrons. The van der Waals surface area contributed by atoms with Gasteiger partial charge in [-0.15, -0.1) is 0 Å². The first-order chi connectivity index (χ1) is 6.57. The van der Waals surface area contributed by atoms with Crippen LogP contribution in [0.3, 0.4) is 0 Å². The first kappa shape index (κ1) is 11.3. The van der Waals surface area contributed by atoms with Gasteiger partial charge in [-0.25, -0.2) is 4.39 Å². The van der Waals surface area contributed by atoms with Crippen molar-refractivity contribution < 1.29 is 9.18 Å². The summed E-state index contributed by atoms with van der Waals surface area (Å²) >= 11 is 3.08. The number of halogens is 2. The fraction of sp³-hybridized carbons (Fsp3) is 0.300. The Bertz CT molecular complexity index is 365. The molecule has 0 saturated heterocycles. The molecular weight excluding hydrogens is 249 g/mol. The Morgan fingerprint density at radius 2 is 2.21 bits per heavy atom. The molecular formula is C10H11BrFNO. The van der Waals surface area contributed by atoms with E-state index >= 15 is 0 Å². The molecule has 2 nitrogen and oxygen atoms in total. The molecule has 0 amide bonds. The van der Waals surface area contributed by atoms with Crippen molar-refractivity contribution in [2.24, 2.45) is 0 Å². The van der Waals surface area contributed by atoms with Gasteiger partial charge in [0.05, 0.1) is 11.0 Å². The molecule has 0 aromatic heterocycles. The zero-order valence-corrected chi connectivity index (χ0v) is 9.61. The van der Waals surface area contributed by atoms with Gasteiger partial charge in [0.2, 0.25) is 0 Å². The van der Waals surface area contributed by atoms with Crippen molar-refractivity contribution in [2.75, 3.05) is 13.6 Å². The molecule has 0 spiro atoms. The molecule has 1 aromatic carbocycles. The fourth-order valence-corrected chi connectivity index (χ4v) is 1.90. The highest BCUT2D eigenvalue weighted by Crippen LogP contribution is 2.24. The Kier molecular flexibility index (Phi) is 3.77. The van der Waals surface area contributed by atoms with Gasteiger partial charge in [0, 0.05) is 5.56 Å². The summed E-state index contributed by atoms with van der Waals surface area (Å²) in [6, 6.07) is 2.94. The second-order valence-corrected chi connectivity index (χ2v) is 3.80. The van der Waals surface area contributed by atoms with Crippen molar-refractivity contribution >= 4 is 21.7 Å². The van der Waals surface area contributed by atoms with Gasteiger partial charge in [-0.2, -0.15) is 0 Å². The van der Waals surface area contributed by atoms with Gasteiger partial charge < -0.3 is 5.32 Å². The van der Waals surface area contributed by atoms with E-state index in [0.29, 0.717) is 5.56 Å². The third-order valence-electron chi connectivity index (χ3n) is 1.92. The fourth-order valence-electron chi connectivity index (χ4n) is 1.24. The lowest BCUT2D eigenvalue weighted by Crippen LogP contribution is -2.20. The van der Waals surface area contributed by atoms with E-state index < -0.39 is 5.82 Å². The van der Waals surface area contributed by atoms with Crippen LogP contribution in [-0.4, -0.2) is 19.4 Å². The van der Waals surface area contributed by atoms with Crippen molar-refractivity contribution in [1.29, 1.82) is 0 Å². The molecule has 0 atom stereocenters. The number of benzene rings is 1. The van der Waals surface area contributed by atoms with Gasteiger partial charge in [0.15, 0.2) is 5.78 Å². The van der Waals surface area contributed by atoms with Crippen LogP contribution in [0.4, 0.5) is 4.39 Å². The summed E-state index contributed by atoms with van der Waals surface area (Å²) in [4.78, 5) is 11.6. The van der Waals surface area contributed by atoms with E-state index in [-0.39, 0.29) is 16.8 Å². The van der Waals surface area contributed by atoms with Crippen LogP contribution in [0.1, 0.15) is 15.9 Å². The summed E-state index contributed by atoms with van der Waals surface area (Å²) in [6.07, 6.45) is 0. The van der Waals surface area contributed by atoms with E-state index in [1.807, 2.05) is 0 Å². The van der Waals surface area contributed by atoms with Crippen LogP contribution in [0.25, 0.3) is 0 Å². The van der Waals surface area contributed by atoms with Crippen molar-refractivity contribution in [3.8, 4) is 0 Å². The van der Waals surface area contributed by atoms with E-state index in [4.69, 9.17) is 0 Å². The van der Waals surface area contributed by atoms with Crippen LogP contribution >= 0.6 is 15.9 Å². The van der Waals surface area contributed by atoms with E-state index in [9.17, 15) is 9.18 Å². The highest BCUT2D eigenvalue weighted by atomic mass is 79.9. The number of hydrogen-bond donors (Lipinski definition) is 1. The van der Waals surface area contributed by atoms with Gasteiger partial charge in [0.25, 0.3) is 0 Å². The van der Waals surface area contributed by atoms with Gasteiger partial charge in [0.1, 0.15) is 5.82 Å². The minimum atomic E-state index is -0.407. The molecule has 1 rings (SSSR count). The molecule has 76 valence electrons. The van der Waals surface area contributed by atoms with Crippen LogP contribution < -0.4 is 5.32 Å². The van der Waals surface area contributed by atoms with Gasteiger partial charge >= 0.3 is 0 Å². The monoisotopic (exact) mass is 259 g/mol. The summed E-state index contributed by atoms with van der Waals surface area (Å²) < 4.78 is 13.4. The van der Waals surface area contributed by atoms with Gasteiger partial charge in [-0.05, 0) is 41.5 Å². The number of likely N-dealkylation sites (N-methyl/N-ethyl adjacent to an activating group) is 1. The Morgan fingerprint density at radius 1 is 1.57 bits per heavy atom. The van der Waals surface area contributed by atoms with Crippen molar-refractivity contribution in [2.45, 2.75) is 6.92 Å². The quantitative estimate of drug-likeness (QED) is 0.845. The van der Waals surface area contributed by atoms with Gasteiger partial charge in [-0.3, -0.25) is 4.79 Å². The number of rotatable bonds is 3. The second kappa shape index (κ2) is 4.66. The van der Waals surface area contributed by atoms with Crippen LogP contribution in [0, 0.1) is 12.7 Å². The molecule has 4 heteroatoms. The predicted molar refractivity (Wildman–Crippen MR) is 57.1 cm³/mol. The number of aryl methyl sites for hydroxylation is 1. The minimum absolute atomic E-state index is 0.114. The summed E-state index contributed by atoms with van der Waals surface area (Å²) in [5.41, 5.74) is 1.19. The zero-order chi connectivity index (χ0) is 10.7. The Hall–Kier alpha value is -0.740. The topological polar surface area (TPSA) is 29.1 Å². The molecule has 0 bridgehead atoms. The van der Waals surface area contributed by atoms with Crippen molar-refractivity contribution in [3.05, 3.63) is 33.5 Å². The molecule has 0 aliphatic rings. The Labute approximate surface area is 90.6 Å². The van der Waals surface area contributed by atoms with Crippen LogP contribution in [0.2, 0.25) is 0 Å². The molecule has 0 saturated carbocycles. The first-order valence-electron chi connectivity index (χ1n) is 4.20. The third kappa shape index (κ3) is 2.19. The summed E-state index contributed by atoms with van der Waals surface area (Å²) in [7, 11) is 1.68. The molecule has 0 aliphatic carbocycles. The molecule has 14 heavy (non-hydrogen) atoms. The number of hydrogen-bond acceptors (Lipinski definition) is 2. The highest BCUT2D eigenvalue weighted by molar-refractivity contribution is 9.10. The van der Waals surface area contributed by atoms with Crippen molar-refractivity contribution in [3.63, 3.8) is 0 Å². The summed E-state index contributed by atoms with van der Waals surface area (Å²) in [6.45, 7) is 2.00. The zero-order valence-electron chi connectivity index (χ0n) is 8.03. The maximum absolute atomic E-state index is 13.1. The van der Waals surface area contributed by atoms with E-state index in [1.54, 1.807) is 20.0 Å². The Morgan fingerprint density at radius 3 is 2.79 bits per heavy atom. The number of carbonyl (C=O) groups is 1. The van der Waals surface area contributed by atoms with Crippen LogP contribution in [0.15, 0.2) is 16.6 Å². The van der Waals surface area contributed by atoms with Gasteiger partial charge in [-0.1, -0.05) is 6.07 Å². The maximum atomic E-state index is 13.1. The number of Topliss-reactive ketones (excluding diaryl/α,β-unsaturated/α-hetero) is 1. The number of carbonyl (C=O) groups excluding carboxylic acids is 1. The molecule has 0 unspecified atom stereocenters.